The maximum atomic E-state index is 12.0. The van der Waals surface area contributed by atoms with Crippen molar-refractivity contribution in [3.63, 3.8) is 0 Å². The van der Waals surface area contributed by atoms with Crippen molar-refractivity contribution in [3.8, 4) is 0 Å². The van der Waals surface area contributed by atoms with E-state index in [4.69, 9.17) is 5.11 Å². The Morgan fingerprint density at radius 2 is 1.85 bits per heavy atom. The fourth-order valence-corrected chi connectivity index (χ4v) is 1.93. The van der Waals surface area contributed by atoms with Gasteiger partial charge in [-0.05, 0) is 18.1 Å². The molecule has 20 heavy (non-hydrogen) atoms. The number of pyridine rings is 1. The third-order valence-electron chi connectivity index (χ3n) is 3.02. The van der Waals surface area contributed by atoms with Gasteiger partial charge < -0.3 is 9.67 Å². The molecule has 0 spiro atoms. The molecule has 104 valence electrons. The topological polar surface area (TPSA) is 85.4 Å². The highest BCUT2D eigenvalue weighted by atomic mass is 16.6. The van der Waals surface area contributed by atoms with Gasteiger partial charge in [0.2, 0.25) is 0 Å². The number of benzene rings is 1. The molecular formula is C14H14N2O4. The Kier molecular flexibility index (Phi) is 3.95. The largest absolute Gasteiger partial charge is 0.392 e. The van der Waals surface area contributed by atoms with Gasteiger partial charge in [-0.2, -0.15) is 0 Å². The molecule has 6 heteroatoms. The van der Waals surface area contributed by atoms with E-state index in [1.165, 1.54) is 16.8 Å². The molecule has 0 saturated heterocycles. The van der Waals surface area contributed by atoms with Crippen molar-refractivity contribution in [2.45, 2.75) is 20.1 Å². The zero-order valence-electron chi connectivity index (χ0n) is 10.9. The molecule has 0 amide bonds. The standard InChI is InChI=1S/C14H14N2O4/c1-10-6-13(16(19)20)8-15(14(10)18)7-11-2-4-12(9-17)5-3-11/h2-6,8,17H,7,9H2,1H3. The summed E-state index contributed by atoms with van der Waals surface area (Å²) in [4.78, 5) is 22.3. The lowest BCUT2D eigenvalue weighted by Crippen LogP contribution is -2.22. The van der Waals surface area contributed by atoms with E-state index in [1.807, 2.05) is 0 Å². The molecule has 0 bridgehead atoms. The summed E-state index contributed by atoms with van der Waals surface area (Å²) in [6.07, 6.45) is 1.25. The van der Waals surface area contributed by atoms with Crippen molar-refractivity contribution < 1.29 is 10.0 Å². The number of hydrogen-bond donors (Lipinski definition) is 1. The molecule has 0 aliphatic heterocycles. The molecule has 0 radical (unpaired) electrons. The molecule has 1 aromatic heterocycles. The average Bonchev–Trinajstić information content (AvgIpc) is 2.44. The molecule has 0 aliphatic rings. The number of hydrogen-bond acceptors (Lipinski definition) is 4. The van der Waals surface area contributed by atoms with Crippen LogP contribution in [0.3, 0.4) is 0 Å². The molecular weight excluding hydrogens is 260 g/mol. The van der Waals surface area contributed by atoms with Crippen molar-refractivity contribution in [1.29, 1.82) is 0 Å². The fraction of sp³-hybridized carbons (Fsp3) is 0.214. The van der Waals surface area contributed by atoms with Crippen LogP contribution in [0.15, 0.2) is 41.3 Å². The van der Waals surface area contributed by atoms with Gasteiger partial charge >= 0.3 is 0 Å². The maximum absolute atomic E-state index is 12.0. The van der Waals surface area contributed by atoms with Crippen LogP contribution in [-0.2, 0) is 13.2 Å². The van der Waals surface area contributed by atoms with Gasteiger partial charge in [0.25, 0.3) is 11.2 Å². The Bertz CT molecular complexity index is 689. The molecule has 1 heterocycles. The Balaban J connectivity index is 2.36. The number of rotatable bonds is 4. The highest BCUT2D eigenvalue weighted by Crippen LogP contribution is 2.11. The molecule has 0 fully saturated rings. The molecule has 6 nitrogen and oxygen atoms in total. The van der Waals surface area contributed by atoms with E-state index < -0.39 is 4.92 Å². The van der Waals surface area contributed by atoms with Gasteiger partial charge in [0.05, 0.1) is 24.3 Å². The van der Waals surface area contributed by atoms with Crippen molar-refractivity contribution in [2.24, 2.45) is 0 Å². The smallest absolute Gasteiger partial charge is 0.286 e. The van der Waals surface area contributed by atoms with Crippen LogP contribution in [0.1, 0.15) is 16.7 Å². The molecule has 0 atom stereocenters. The van der Waals surface area contributed by atoms with Gasteiger partial charge in [0.1, 0.15) is 0 Å². The van der Waals surface area contributed by atoms with Gasteiger partial charge in [0, 0.05) is 11.6 Å². The van der Waals surface area contributed by atoms with Crippen molar-refractivity contribution in [3.05, 3.63) is 73.7 Å². The van der Waals surface area contributed by atoms with Gasteiger partial charge in [-0.15, -0.1) is 0 Å². The zero-order chi connectivity index (χ0) is 14.7. The number of nitro groups is 1. The first-order valence-electron chi connectivity index (χ1n) is 6.05. The van der Waals surface area contributed by atoms with E-state index in [1.54, 1.807) is 31.2 Å². The van der Waals surface area contributed by atoms with E-state index >= 15 is 0 Å². The minimum atomic E-state index is -0.516. The van der Waals surface area contributed by atoms with Crippen LogP contribution in [0, 0.1) is 17.0 Å². The molecule has 2 rings (SSSR count). The normalized spacial score (nSPS) is 10.5. The minimum Gasteiger partial charge on any atom is -0.392 e. The summed E-state index contributed by atoms with van der Waals surface area (Å²) in [5.74, 6) is 0. The zero-order valence-corrected chi connectivity index (χ0v) is 10.9. The van der Waals surface area contributed by atoms with Gasteiger partial charge in [-0.25, -0.2) is 0 Å². The Morgan fingerprint density at radius 3 is 2.40 bits per heavy atom. The number of aliphatic hydroxyl groups is 1. The first-order valence-corrected chi connectivity index (χ1v) is 6.05. The fourth-order valence-electron chi connectivity index (χ4n) is 1.93. The predicted octanol–water partition coefficient (Wildman–Crippen LogP) is 1.61. The van der Waals surface area contributed by atoms with E-state index in [0.29, 0.717) is 5.56 Å². The second kappa shape index (κ2) is 5.66. The number of nitrogens with zero attached hydrogens (tertiary/aromatic N) is 2. The monoisotopic (exact) mass is 274 g/mol. The number of aromatic nitrogens is 1. The second-order valence-corrected chi connectivity index (χ2v) is 4.55. The van der Waals surface area contributed by atoms with Crippen molar-refractivity contribution in [1.82, 2.24) is 4.57 Å². The first kappa shape index (κ1) is 14.0. The van der Waals surface area contributed by atoms with E-state index in [0.717, 1.165) is 11.1 Å². The van der Waals surface area contributed by atoms with Crippen molar-refractivity contribution >= 4 is 5.69 Å². The average molecular weight is 274 g/mol. The van der Waals surface area contributed by atoms with Gasteiger partial charge in [0.15, 0.2) is 0 Å². The third kappa shape index (κ3) is 2.92. The van der Waals surface area contributed by atoms with Crippen molar-refractivity contribution in [2.75, 3.05) is 0 Å². The Hall–Kier alpha value is -2.47. The first-order chi connectivity index (χ1) is 9.51. The summed E-state index contributed by atoms with van der Waals surface area (Å²) in [6, 6.07) is 8.35. The molecule has 0 unspecified atom stereocenters. The van der Waals surface area contributed by atoms with Crippen LogP contribution >= 0.6 is 0 Å². The highest BCUT2D eigenvalue weighted by Gasteiger charge is 2.11. The van der Waals surface area contributed by atoms with E-state index in [9.17, 15) is 14.9 Å². The van der Waals surface area contributed by atoms with Crippen LogP contribution in [0.5, 0.6) is 0 Å². The second-order valence-electron chi connectivity index (χ2n) is 4.55. The quantitative estimate of drug-likeness (QED) is 0.678. The summed E-state index contributed by atoms with van der Waals surface area (Å²) >= 11 is 0. The van der Waals surface area contributed by atoms with Gasteiger partial charge in [-0.3, -0.25) is 14.9 Å². The Morgan fingerprint density at radius 1 is 1.25 bits per heavy atom. The van der Waals surface area contributed by atoms with Crippen LogP contribution in [0.4, 0.5) is 5.69 Å². The van der Waals surface area contributed by atoms with E-state index in [2.05, 4.69) is 0 Å². The number of aliphatic hydroxyl groups excluding tert-OH is 1. The summed E-state index contributed by atoms with van der Waals surface area (Å²) < 4.78 is 1.32. The lowest BCUT2D eigenvalue weighted by atomic mass is 10.1. The van der Waals surface area contributed by atoms with Crippen LogP contribution in [0.2, 0.25) is 0 Å². The SMILES string of the molecule is Cc1cc([N+](=O)[O-])cn(Cc2ccc(CO)cc2)c1=O. The molecule has 2 aromatic rings. The lowest BCUT2D eigenvalue weighted by Gasteiger charge is -2.07. The Labute approximate surface area is 115 Å². The summed E-state index contributed by atoms with van der Waals surface area (Å²) in [7, 11) is 0. The molecule has 0 saturated carbocycles. The van der Waals surface area contributed by atoms with Crippen LogP contribution in [0.25, 0.3) is 0 Å². The molecule has 0 aliphatic carbocycles. The summed E-state index contributed by atoms with van der Waals surface area (Å²) in [5.41, 5.74) is 1.60. The molecule has 1 aromatic carbocycles. The summed E-state index contributed by atoms with van der Waals surface area (Å²) in [6.45, 7) is 1.77. The van der Waals surface area contributed by atoms with Gasteiger partial charge in [-0.1, -0.05) is 24.3 Å². The maximum Gasteiger partial charge on any atom is 0.286 e. The van der Waals surface area contributed by atoms with E-state index in [-0.39, 0.29) is 24.4 Å². The number of aryl methyl sites for hydroxylation is 1. The summed E-state index contributed by atoms with van der Waals surface area (Å²) in [5, 5.41) is 19.8. The van der Waals surface area contributed by atoms with Crippen LogP contribution < -0.4 is 5.56 Å². The minimum absolute atomic E-state index is 0.0455. The molecule has 1 N–H and O–H groups in total. The highest BCUT2D eigenvalue weighted by molar-refractivity contribution is 5.31. The predicted molar refractivity (Wildman–Crippen MR) is 73.6 cm³/mol. The van der Waals surface area contributed by atoms with Crippen LogP contribution in [-0.4, -0.2) is 14.6 Å². The lowest BCUT2D eigenvalue weighted by molar-refractivity contribution is -0.385. The third-order valence-corrected chi connectivity index (χ3v) is 3.02.